The number of benzene rings is 1. The van der Waals surface area contributed by atoms with Gasteiger partial charge in [-0.3, -0.25) is 9.59 Å². The van der Waals surface area contributed by atoms with Crippen LogP contribution in [0.5, 0.6) is 0 Å². The highest BCUT2D eigenvalue weighted by Crippen LogP contribution is 2.36. The molecule has 1 N–H and O–H groups in total. The lowest BCUT2D eigenvalue weighted by atomic mass is 9.81. The van der Waals surface area contributed by atoms with Gasteiger partial charge in [0.15, 0.2) is 0 Å². The standard InChI is InChI=1S/C17H21NO3/c1-11-3-2-4-12-9-10-18(15(11)12)16(19)13-5-7-14(8-6-13)17(20)21/h2-4,13-14H,5-10H2,1H3,(H,20,21). The molecule has 0 radical (unpaired) electrons. The van der Waals surface area contributed by atoms with E-state index in [1.165, 1.54) is 5.56 Å². The van der Waals surface area contributed by atoms with E-state index in [2.05, 4.69) is 6.07 Å². The quantitative estimate of drug-likeness (QED) is 0.910. The fourth-order valence-corrected chi connectivity index (χ4v) is 3.68. The molecule has 1 aromatic carbocycles. The Kier molecular flexibility index (Phi) is 3.70. The number of aliphatic carboxylic acids is 1. The molecule has 0 unspecified atom stereocenters. The molecule has 0 aromatic heterocycles. The van der Waals surface area contributed by atoms with Crippen molar-refractivity contribution in [3.8, 4) is 0 Å². The molecule has 4 nitrogen and oxygen atoms in total. The molecule has 0 bridgehead atoms. The number of para-hydroxylation sites is 1. The van der Waals surface area contributed by atoms with Gasteiger partial charge >= 0.3 is 5.97 Å². The molecule has 1 saturated carbocycles. The van der Waals surface area contributed by atoms with E-state index in [1.807, 2.05) is 24.0 Å². The van der Waals surface area contributed by atoms with E-state index in [1.54, 1.807) is 0 Å². The third-order valence-corrected chi connectivity index (χ3v) is 4.89. The molecular weight excluding hydrogens is 266 g/mol. The molecule has 1 aromatic rings. The van der Waals surface area contributed by atoms with E-state index in [4.69, 9.17) is 5.11 Å². The number of carboxylic acid groups (broad SMARTS) is 1. The van der Waals surface area contributed by atoms with Crippen molar-refractivity contribution < 1.29 is 14.7 Å². The van der Waals surface area contributed by atoms with Gasteiger partial charge < -0.3 is 10.0 Å². The number of nitrogens with zero attached hydrogens (tertiary/aromatic N) is 1. The summed E-state index contributed by atoms with van der Waals surface area (Å²) in [5.74, 6) is -0.803. The summed E-state index contributed by atoms with van der Waals surface area (Å²) in [6.45, 7) is 2.81. The molecule has 1 aliphatic carbocycles. The Morgan fingerprint density at radius 3 is 2.48 bits per heavy atom. The Labute approximate surface area is 124 Å². The highest BCUT2D eigenvalue weighted by Gasteiger charge is 2.35. The highest BCUT2D eigenvalue weighted by molar-refractivity contribution is 5.98. The number of hydrogen-bond donors (Lipinski definition) is 1. The molecule has 0 spiro atoms. The van der Waals surface area contributed by atoms with Crippen LogP contribution in [0, 0.1) is 18.8 Å². The molecule has 21 heavy (non-hydrogen) atoms. The van der Waals surface area contributed by atoms with Crippen molar-refractivity contribution in [3.05, 3.63) is 29.3 Å². The normalized spacial score (nSPS) is 24.7. The second-order valence-corrected chi connectivity index (χ2v) is 6.21. The van der Waals surface area contributed by atoms with E-state index in [-0.39, 0.29) is 17.7 Å². The van der Waals surface area contributed by atoms with E-state index in [9.17, 15) is 9.59 Å². The monoisotopic (exact) mass is 287 g/mol. The Hall–Kier alpha value is -1.84. The summed E-state index contributed by atoms with van der Waals surface area (Å²) in [7, 11) is 0. The van der Waals surface area contributed by atoms with Crippen LogP contribution in [0.25, 0.3) is 0 Å². The topological polar surface area (TPSA) is 57.6 Å². The molecule has 0 atom stereocenters. The molecule has 3 rings (SSSR count). The van der Waals surface area contributed by atoms with Crippen LogP contribution in [0.1, 0.15) is 36.8 Å². The number of rotatable bonds is 2. The smallest absolute Gasteiger partial charge is 0.306 e. The number of fused-ring (bicyclic) bond motifs is 1. The number of anilines is 1. The Balaban J connectivity index is 1.73. The van der Waals surface area contributed by atoms with Gasteiger partial charge in [0.25, 0.3) is 0 Å². The first-order chi connectivity index (χ1) is 10.1. The van der Waals surface area contributed by atoms with Crippen LogP contribution in [-0.2, 0) is 16.0 Å². The fraction of sp³-hybridized carbons (Fsp3) is 0.529. The van der Waals surface area contributed by atoms with Crippen molar-refractivity contribution >= 4 is 17.6 Å². The van der Waals surface area contributed by atoms with Crippen LogP contribution < -0.4 is 4.90 Å². The van der Waals surface area contributed by atoms with Gasteiger partial charge in [-0.05, 0) is 50.2 Å². The van der Waals surface area contributed by atoms with Gasteiger partial charge in [-0.2, -0.15) is 0 Å². The number of carboxylic acids is 1. The van der Waals surface area contributed by atoms with Crippen LogP contribution >= 0.6 is 0 Å². The van der Waals surface area contributed by atoms with Crippen molar-refractivity contribution in [2.45, 2.75) is 39.0 Å². The zero-order chi connectivity index (χ0) is 15.0. The minimum atomic E-state index is -0.719. The highest BCUT2D eigenvalue weighted by atomic mass is 16.4. The number of amides is 1. The first-order valence-corrected chi connectivity index (χ1v) is 7.70. The molecule has 1 aliphatic heterocycles. The maximum Gasteiger partial charge on any atom is 0.306 e. The van der Waals surface area contributed by atoms with Crippen molar-refractivity contribution in [2.75, 3.05) is 11.4 Å². The van der Waals surface area contributed by atoms with Gasteiger partial charge in [0.2, 0.25) is 5.91 Å². The van der Waals surface area contributed by atoms with Gasteiger partial charge in [-0.1, -0.05) is 18.2 Å². The predicted octanol–water partition coefficient (Wildman–Crippen LogP) is 2.78. The Morgan fingerprint density at radius 1 is 1.14 bits per heavy atom. The molecule has 2 aliphatic rings. The van der Waals surface area contributed by atoms with Gasteiger partial charge in [0, 0.05) is 18.2 Å². The molecule has 4 heteroatoms. The van der Waals surface area contributed by atoms with Crippen molar-refractivity contribution in [1.82, 2.24) is 0 Å². The zero-order valence-corrected chi connectivity index (χ0v) is 12.3. The van der Waals surface area contributed by atoms with Crippen LogP contribution in [-0.4, -0.2) is 23.5 Å². The molecule has 1 fully saturated rings. The number of carbonyl (C=O) groups is 2. The summed E-state index contributed by atoms with van der Waals surface area (Å²) >= 11 is 0. The number of carbonyl (C=O) groups excluding carboxylic acids is 1. The molecular formula is C17H21NO3. The van der Waals surface area contributed by atoms with E-state index in [0.29, 0.717) is 25.7 Å². The lowest BCUT2D eigenvalue weighted by Crippen LogP contribution is -2.37. The third-order valence-electron chi connectivity index (χ3n) is 4.89. The summed E-state index contributed by atoms with van der Waals surface area (Å²) in [4.78, 5) is 25.7. The summed E-state index contributed by atoms with van der Waals surface area (Å²) in [5, 5.41) is 9.05. The van der Waals surface area contributed by atoms with E-state index < -0.39 is 5.97 Å². The lowest BCUT2D eigenvalue weighted by molar-refractivity contribution is -0.144. The largest absolute Gasteiger partial charge is 0.481 e. The number of aryl methyl sites for hydroxylation is 1. The van der Waals surface area contributed by atoms with Crippen LogP contribution in [0.4, 0.5) is 5.69 Å². The maximum atomic E-state index is 12.8. The second-order valence-electron chi connectivity index (χ2n) is 6.21. The van der Waals surface area contributed by atoms with Crippen molar-refractivity contribution in [2.24, 2.45) is 11.8 Å². The third kappa shape index (κ3) is 2.55. The SMILES string of the molecule is Cc1cccc2c1N(C(=O)C1CCC(C(=O)O)CC1)CC2. The molecule has 1 heterocycles. The predicted molar refractivity (Wildman–Crippen MR) is 80.3 cm³/mol. The fourth-order valence-electron chi connectivity index (χ4n) is 3.68. The average Bonchev–Trinajstić information content (AvgIpc) is 2.92. The van der Waals surface area contributed by atoms with Gasteiger partial charge in [-0.25, -0.2) is 0 Å². The second kappa shape index (κ2) is 5.51. The number of hydrogen-bond acceptors (Lipinski definition) is 2. The van der Waals surface area contributed by atoms with Gasteiger partial charge in [0.05, 0.1) is 5.92 Å². The molecule has 1 amide bonds. The first kappa shape index (κ1) is 14.1. The van der Waals surface area contributed by atoms with Crippen LogP contribution in [0.2, 0.25) is 0 Å². The summed E-state index contributed by atoms with van der Waals surface area (Å²) < 4.78 is 0. The van der Waals surface area contributed by atoms with Crippen LogP contribution in [0.15, 0.2) is 18.2 Å². The average molecular weight is 287 g/mol. The molecule has 0 saturated heterocycles. The summed E-state index contributed by atoms with van der Waals surface area (Å²) in [5.41, 5.74) is 3.49. The minimum Gasteiger partial charge on any atom is -0.481 e. The van der Waals surface area contributed by atoms with Crippen LogP contribution in [0.3, 0.4) is 0 Å². The summed E-state index contributed by atoms with van der Waals surface area (Å²) in [6.07, 6.45) is 3.58. The van der Waals surface area contributed by atoms with Gasteiger partial charge in [-0.15, -0.1) is 0 Å². The summed E-state index contributed by atoms with van der Waals surface area (Å²) in [6, 6.07) is 6.18. The van der Waals surface area contributed by atoms with Crippen molar-refractivity contribution in [1.29, 1.82) is 0 Å². The lowest BCUT2D eigenvalue weighted by Gasteiger charge is -2.29. The maximum absolute atomic E-state index is 12.8. The van der Waals surface area contributed by atoms with Gasteiger partial charge in [0.1, 0.15) is 0 Å². The first-order valence-electron chi connectivity index (χ1n) is 7.70. The Morgan fingerprint density at radius 2 is 1.81 bits per heavy atom. The zero-order valence-electron chi connectivity index (χ0n) is 12.3. The van der Waals surface area contributed by atoms with Crippen molar-refractivity contribution in [3.63, 3.8) is 0 Å². The van der Waals surface area contributed by atoms with E-state index >= 15 is 0 Å². The Bertz CT molecular complexity index is 573. The minimum absolute atomic E-state index is 0.00819. The molecule has 112 valence electrons. The van der Waals surface area contributed by atoms with E-state index in [0.717, 1.165) is 24.2 Å².